The maximum atomic E-state index is 12.2. The Hall–Kier alpha value is -2.07. The van der Waals surface area contributed by atoms with Crippen LogP contribution in [0.3, 0.4) is 0 Å². The van der Waals surface area contributed by atoms with Crippen molar-refractivity contribution >= 4 is 17.8 Å². The molecule has 0 spiro atoms. The van der Waals surface area contributed by atoms with Gasteiger partial charge in [-0.25, -0.2) is 0 Å². The number of benzene rings is 1. The third kappa shape index (κ3) is 2.15. The van der Waals surface area contributed by atoms with Crippen LogP contribution in [0, 0.1) is 6.92 Å². The molecule has 1 aromatic heterocycles. The number of para-hydroxylation sites is 1. The second-order valence-corrected chi connectivity index (χ2v) is 4.19. The van der Waals surface area contributed by atoms with E-state index in [0.717, 1.165) is 17.5 Å². The Kier molecular flexibility index (Phi) is 3.48. The fraction of sp³-hybridized carbons (Fsp3) is 0.0769. The molecule has 92 valence electrons. The van der Waals surface area contributed by atoms with Crippen molar-refractivity contribution in [3.05, 3.63) is 63.0 Å². The lowest BCUT2D eigenvalue weighted by molar-refractivity contribution is 0.322. The third-order valence-electron chi connectivity index (χ3n) is 2.64. The van der Waals surface area contributed by atoms with Gasteiger partial charge in [-0.15, -0.1) is 0 Å². The highest BCUT2D eigenvalue weighted by molar-refractivity contribution is 6.33. The lowest BCUT2D eigenvalue weighted by Gasteiger charge is -2.10. The van der Waals surface area contributed by atoms with Gasteiger partial charge in [0.2, 0.25) is 0 Å². The van der Waals surface area contributed by atoms with Crippen molar-refractivity contribution in [3.63, 3.8) is 0 Å². The summed E-state index contributed by atoms with van der Waals surface area (Å²) in [5.41, 5.74) is 1.57. The van der Waals surface area contributed by atoms with E-state index in [9.17, 15) is 4.79 Å². The maximum Gasteiger partial charge on any atom is 0.265 e. The summed E-state index contributed by atoms with van der Waals surface area (Å²) < 4.78 is 1.47. The summed E-state index contributed by atoms with van der Waals surface area (Å²) >= 11 is 5.89. The van der Waals surface area contributed by atoms with E-state index in [1.807, 2.05) is 31.2 Å². The smallest absolute Gasteiger partial charge is 0.265 e. The number of oxime groups is 1. The number of halogens is 1. The van der Waals surface area contributed by atoms with Crippen molar-refractivity contribution in [1.82, 2.24) is 4.57 Å². The van der Waals surface area contributed by atoms with Gasteiger partial charge in [-0.2, -0.15) is 0 Å². The van der Waals surface area contributed by atoms with Crippen LogP contribution in [-0.4, -0.2) is 16.0 Å². The molecule has 1 aromatic carbocycles. The SMILES string of the molecule is Cc1ccccc1-n1ccc(Cl)c(C=NO)c1=O. The highest BCUT2D eigenvalue weighted by Crippen LogP contribution is 2.14. The van der Waals surface area contributed by atoms with Gasteiger partial charge in [0.1, 0.15) is 0 Å². The summed E-state index contributed by atoms with van der Waals surface area (Å²) in [4.78, 5) is 12.2. The minimum absolute atomic E-state index is 0.157. The molecule has 0 fully saturated rings. The van der Waals surface area contributed by atoms with Crippen LogP contribution in [0.25, 0.3) is 5.69 Å². The summed E-state index contributed by atoms with van der Waals surface area (Å²) in [6.07, 6.45) is 2.64. The summed E-state index contributed by atoms with van der Waals surface area (Å²) in [5, 5.41) is 11.7. The van der Waals surface area contributed by atoms with Crippen molar-refractivity contribution in [2.75, 3.05) is 0 Å². The summed E-state index contributed by atoms with van der Waals surface area (Å²) in [5.74, 6) is 0. The monoisotopic (exact) mass is 262 g/mol. The van der Waals surface area contributed by atoms with Crippen LogP contribution in [0.2, 0.25) is 5.02 Å². The molecule has 1 N–H and O–H groups in total. The van der Waals surface area contributed by atoms with E-state index in [1.165, 1.54) is 4.57 Å². The quantitative estimate of drug-likeness (QED) is 0.514. The molecule has 18 heavy (non-hydrogen) atoms. The average molecular weight is 263 g/mol. The molecule has 0 bridgehead atoms. The number of aromatic nitrogens is 1. The van der Waals surface area contributed by atoms with E-state index >= 15 is 0 Å². The van der Waals surface area contributed by atoms with Gasteiger partial charge in [0, 0.05) is 6.20 Å². The Morgan fingerprint density at radius 1 is 1.33 bits per heavy atom. The van der Waals surface area contributed by atoms with Crippen molar-refractivity contribution in [3.8, 4) is 5.69 Å². The Morgan fingerprint density at radius 3 is 2.72 bits per heavy atom. The van der Waals surface area contributed by atoms with Gasteiger partial charge in [-0.1, -0.05) is 35.0 Å². The van der Waals surface area contributed by atoms with Gasteiger partial charge in [0.25, 0.3) is 5.56 Å². The van der Waals surface area contributed by atoms with Gasteiger partial charge < -0.3 is 5.21 Å². The molecule has 0 amide bonds. The molecule has 1 heterocycles. The number of hydrogen-bond donors (Lipinski definition) is 1. The number of aryl methyl sites for hydroxylation is 1. The molecular weight excluding hydrogens is 252 g/mol. The predicted molar refractivity (Wildman–Crippen MR) is 71.2 cm³/mol. The first-order valence-electron chi connectivity index (χ1n) is 5.29. The first-order chi connectivity index (χ1) is 8.65. The highest BCUT2D eigenvalue weighted by Gasteiger charge is 2.09. The Morgan fingerprint density at radius 2 is 2.06 bits per heavy atom. The molecule has 4 nitrogen and oxygen atoms in total. The molecule has 0 aliphatic carbocycles. The van der Waals surface area contributed by atoms with Crippen molar-refractivity contribution < 1.29 is 5.21 Å². The molecule has 0 aliphatic heterocycles. The van der Waals surface area contributed by atoms with E-state index in [4.69, 9.17) is 16.8 Å². The van der Waals surface area contributed by atoms with E-state index in [0.29, 0.717) is 0 Å². The molecule has 2 rings (SSSR count). The standard InChI is InChI=1S/C13H11ClN2O2/c1-9-4-2-3-5-12(9)16-7-6-11(14)10(8-15-18)13(16)17/h2-8,18H,1H3. The van der Waals surface area contributed by atoms with Crippen molar-refractivity contribution in [2.45, 2.75) is 6.92 Å². The zero-order chi connectivity index (χ0) is 13.1. The molecule has 5 heteroatoms. The zero-order valence-corrected chi connectivity index (χ0v) is 10.4. The van der Waals surface area contributed by atoms with Gasteiger partial charge in [-0.05, 0) is 24.6 Å². The van der Waals surface area contributed by atoms with E-state index < -0.39 is 0 Å². The Balaban J connectivity index is 2.71. The van der Waals surface area contributed by atoms with Crippen molar-refractivity contribution in [2.24, 2.45) is 5.16 Å². The molecular formula is C13H11ClN2O2. The minimum Gasteiger partial charge on any atom is -0.411 e. The molecule has 0 aliphatic rings. The number of pyridine rings is 1. The summed E-state index contributed by atoms with van der Waals surface area (Å²) in [6.45, 7) is 1.91. The number of nitrogens with zero attached hydrogens (tertiary/aromatic N) is 2. The van der Waals surface area contributed by atoms with Crippen LogP contribution in [0.4, 0.5) is 0 Å². The maximum absolute atomic E-state index is 12.2. The number of hydrogen-bond acceptors (Lipinski definition) is 3. The van der Waals surface area contributed by atoms with E-state index in [1.54, 1.807) is 12.3 Å². The fourth-order valence-electron chi connectivity index (χ4n) is 1.73. The van der Waals surface area contributed by atoms with Crippen LogP contribution in [0.15, 0.2) is 46.5 Å². The van der Waals surface area contributed by atoms with Crippen LogP contribution in [0.1, 0.15) is 11.1 Å². The average Bonchev–Trinajstić information content (AvgIpc) is 2.36. The number of rotatable bonds is 2. The first-order valence-corrected chi connectivity index (χ1v) is 5.67. The third-order valence-corrected chi connectivity index (χ3v) is 2.97. The Bertz CT molecular complexity index is 662. The van der Waals surface area contributed by atoms with Crippen LogP contribution in [0.5, 0.6) is 0 Å². The summed E-state index contributed by atoms with van der Waals surface area (Å²) in [6, 6.07) is 9.09. The van der Waals surface area contributed by atoms with Crippen molar-refractivity contribution in [1.29, 1.82) is 0 Å². The summed E-state index contributed by atoms with van der Waals surface area (Å²) in [7, 11) is 0. The lowest BCUT2D eigenvalue weighted by atomic mass is 10.2. The zero-order valence-electron chi connectivity index (χ0n) is 9.67. The highest BCUT2D eigenvalue weighted by atomic mass is 35.5. The topological polar surface area (TPSA) is 54.6 Å². The molecule has 0 atom stereocenters. The second kappa shape index (κ2) is 5.06. The van der Waals surface area contributed by atoms with Gasteiger partial charge in [-0.3, -0.25) is 9.36 Å². The largest absolute Gasteiger partial charge is 0.411 e. The normalized spacial score (nSPS) is 11.0. The first kappa shape index (κ1) is 12.4. The van der Waals surface area contributed by atoms with Gasteiger partial charge in [0.05, 0.1) is 22.5 Å². The van der Waals surface area contributed by atoms with Crippen LogP contribution >= 0.6 is 11.6 Å². The molecule has 0 saturated heterocycles. The second-order valence-electron chi connectivity index (χ2n) is 3.78. The Labute approximate surface area is 109 Å². The fourth-order valence-corrected chi connectivity index (χ4v) is 1.91. The van der Waals surface area contributed by atoms with E-state index in [2.05, 4.69) is 5.16 Å². The molecule has 0 saturated carbocycles. The molecule has 2 aromatic rings. The lowest BCUT2D eigenvalue weighted by Crippen LogP contribution is -2.22. The molecule has 0 radical (unpaired) electrons. The minimum atomic E-state index is -0.324. The molecule has 0 unspecified atom stereocenters. The van der Waals surface area contributed by atoms with Crippen LogP contribution in [-0.2, 0) is 0 Å². The predicted octanol–water partition coefficient (Wildman–Crippen LogP) is 2.61. The van der Waals surface area contributed by atoms with Gasteiger partial charge >= 0.3 is 0 Å². The van der Waals surface area contributed by atoms with Crippen LogP contribution < -0.4 is 5.56 Å². The van der Waals surface area contributed by atoms with Gasteiger partial charge in [0.15, 0.2) is 0 Å². The van der Waals surface area contributed by atoms with E-state index in [-0.39, 0.29) is 16.1 Å².